The Hall–Kier alpha value is -3.61. The van der Waals surface area contributed by atoms with E-state index in [1.54, 1.807) is 0 Å². The van der Waals surface area contributed by atoms with Gasteiger partial charge in [0.2, 0.25) is 5.95 Å². The predicted molar refractivity (Wildman–Crippen MR) is 102 cm³/mol. The van der Waals surface area contributed by atoms with Crippen molar-refractivity contribution in [2.75, 3.05) is 12.1 Å². The molecule has 0 bridgehead atoms. The number of anilines is 1. The zero-order valence-electron chi connectivity index (χ0n) is 16.6. The van der Waals surface area contributed by atoms with E-state index < -0.39 is 41.8 Å². The second-order valence-electron chi connectivity index (χ2n) is 6.99. The summed E-state index contributed by atoms with van der Waals surface area (Å²) in [5, 5.41) is 14.3. The number of halogens is 6. The minimum absolute atomic E-state index is 0.0474. The molecule has 0 fully saturated rings. The number of aliphatic hydroxyl groups is 1. The smallest absolute Gasteiger partial charge is 0.438 e. The molecule has 3 heterocycles. The third-order valence-corrected chi connectivity index (χ3v) is 4.83. The molecule has 0 spiro atoms. The van der Waals surface area contributed by atoms with Crippen LogP contribution >= 0.6 is 0 Å². The summed E-state index contributed by atoms with van der Waals surface area (Å²) in [6, 6.07) is 8.90. The summed E-state index contributed by atoms with van der Waals surface area (Å²) in [6.07, 6.45) is -10.2. The molecule has 33 heavy (non-hydrogen) atoms. The first-order valence-electron chi connectivity index (χ1n) is 9.24. The average Bonchev–Trinajstić information content (AvgIpc) is 3.41. The van der Waals surface area contributed by atoms with Crippen molar-refractivity contribution in [1.29, 1.82) is 0 Å². The van der Waals surface area contributed by atoms with Crippen LogP contribution in [-0.2, 0) is 6.18 Å². The second kappa shape index (κ2) is 7.76. The molecule has 1 N–H and O–H groups in total. The number of nitrogens with zero attached hydrogens (tertiary/aromatic N) is 4. The molecular formula is C20H14F6N4O3. The third kappa shape index (κ3) is 4.11. The number of aromatic nitrogens is 2. The van der Waals surface area contributed by atoms with Gasteiger partial charge in [-0.1, -0.05) is 0 Å². The summed E-state index contributed by atoms with van der Waals surface area (Å²) in [5.74, 6) is -0.817. The van der Waals surface area contributed by atoms with E-state index in [-0.39, 0.29) is 22.0 Å². The minimum Gasteiger partial charge on any atom is -0.497 e. The molecule has 2 aromatic heterocycles. The second-order valence-corrected chi connectivity index (χ2v) is 6.99. The Morgan fingerprint density at radius 3 is 2.30 bits per heavy atom. The fraction of sp³-hybridized carbons (Fsp3) is 0.250. The first-order chi connectivity index (χ1) is 15.4. The van der Waals surface area contributed by atoms with Gasteiger partial charge in [-0.2, -0.15) is 36.5 Å². The van der Waals surface area contributed by atoms with Crippen LogP contribution in [0.3, 0.4) is 0 Å². The summed E-state index contributed by atoms with van der Waals surface area (Å²) < 4.78 is 92.1. The lowest BCUT2D eigenvalue weighted by Gasteiger charge is -2.32. The van der Waals surface area contributed by atoms with Crippen LogP contribution in [0, 0.1) is 0 Å². The van der Waals surface area contributed by atoms with E-state index in [4.69, 9.17) is 9.15 Å². The molecule has 13 heteroatoms. The molecule has 0 unspecified atom stereocenters. The van der Waals surface area contributed by atoms with Crippen molar-refractivity contribution in [3.8, 4) is 17.2 Å². The minimum atomic E-state index is -5.31. The van der Waals surface area contributed by atoms with Crippen LogP contribution in [0.25, 0.3) is 11.5 Å². The Bertz CT molecular complexity index is 1180. The molecule has 0 saturated carbocycles. The van der Waals surface area contributed by atoms with Gasteiger partial charge in [0.25, 0.3) is 5.72 Å². The van der Waals surface area contributed by atoms with Gasteiger partial charge in [0.05, 0.1) is 25.5 Å². The first-order valence-corrected chi connectivity index (χ1v) is 9.24. The average molecular weight is 472 g/mol. The molecule has 3 aromatic rings. The van der Waals surface area contributed by atoms with E-state index in [1.165, 1.54) is 43.5 Å². The van der Waals surface area contributed by atoms with Gasteiger partial charge in [-0.3, -0.25) is 0 Å². The normalized spacial score (nSPS) is 19.0. The van der Waals surface area contributed by atoms with Crippen LogP contribution in [0.5, 0.6) is 5.75 Å². The van der Waals surface area contributed by atoms with Crippen molar-refractivity contribution in [3.63, 3.8) is 0 Å². The summed E-state index contributed by atoms with van der Waals surface area (Å²) in [6.45, 7) is 0. The zero-order valence-corrected chi connectivity index (χ0v) is 16.6. The van der Waals surface area contributed by atoms with Crippen LogP contribution in [-0.4, -0.2) is 39.8 Å². The van der Waals surface area contributed by atoms with E-state index in [0.29, 0.717) is 11.8 Å². The van der Waals surface area contributed by atoms with Gasteiger partial charge in [0, 0.05) is 0 Å². The topological polar surface area (TPSA) is 84.0 Å². The summed E-state index contributed by atoms with van der Waals surface area (Å²) >= 11 is 0. The molecule has 0 amide bonds. The molecule has 1 aliphatic rings. The van der Waals surface area contributed by atoms with Gasteiger partial charge in [-0.05, 0) is 48.0 Å². The number of hydrogen-bond acceptors (Lipinski definition) is 7. The number of benzene rings is 1. The van der Waals surface area contributed by atoms with E-state index >= 15 is 0 Å². The van der Waals surface area contributed by atoms with Gasteiger partial charge in [-0.15, -0.1) is 0 Å². The number of ether oxygens (including phenoxy) is 1. The Balaban J connectivity index is 1.87. The highest BCUT2D eigenvalue weighted by molar-refractivity contribution is 6.03. The lowest BCUT2D eigenvalue weighted by molar-refractivity contribution is -0.254. The van der Waals surface area contributed by atoms with Gasteiger partial charge in [-0.25, -0.2) is 9.97 Å². The Kier molecular flexibility index (Phi) is 5.31. The SMILES string of the molecule is COc1ccc(C2=NN(c3nc(-c4ccco4)cc(C(F)(F)F)n3)[C@@](O)(C(F)(F)F)C2)cc1. The van der Waals surface area contributed by atoms with Crippen molar-refractivity contribution in [2.45, 2.75) is 24.5 Å². The molecule has 0 radical (unpaired) electrons. The first kappa shape index (κ1) is 22.6. The predicted octanol–water partition coefficient (Wildman–Crippen LogP) is 4.63. The monoisotopic (exact) mass is 472 g/mol. The number of hydrogen-bond donors (Lipinski definition) is 1. The number of furan rings is 1. The van der Waals surface area contributed by atoms with Crippen LogP contribution < -0.4 is 9.75 Å². The number of hydrazone groups is 1. The summed E-state index contributed by atoms with van der Waals surface area (Å²) in [7, 11) is 1.40. The van der Waals surface area contributed by atoms with Gasteiger partial charge in [0.15, 0.2) is 11.5 Å². The van der Waals surface area contributed by atoms with Crippen LogP contribution in [0.4, 0.5) is 32.3 Å². The maximum Gasteiger partial charge on any atom is 0.438 e. The highest BCUT2D eigenvalue weighted by Crippen LogP contribution is 2.44. The van der Waals surface area contributed by atoms with Gasteiger partial charge >= 0.3 is 12.4 Å². The number of alkyl halides is 6. The summed E-state index contributed by atoms with van der Waals surface area (Å²) in [4.78, 5) is 6.99. The molecule has 1 atom stereocenters. The van der Waals surface area contributed by atoms with Crippen LogP contribution in [0.15, 0.2) is 58.2 Å². The quantitative estimate of drug-likeness (QED) is 0.558. The molecule has 0 aliphatic carbocycles. The maximum absolute atomic E-state index is 13.9. The van der Waals surface area contributed by atoms with Crippen molar-refractivity contribution in [1.82, 2.24) is 9.97 Å². The van der Waals surface area contributed by atoms with Crippen molar-refractivity contribution >= 4 is 11.7 Å². The Morgan fingerprint density at radius 2 is 1.76 bits per heavy atom. The Labute approximate surface area is 181 Å². The van der Waals surface area contributed by atoms with E-state index in [0.717, 1.165) is 6.26 Å². The lowest BCUT2D eigenvalue weighted by atomic mass is 10.0. The number of rotatable bonds is 4. The van der Waals surface area contributed by atoms with Gasteiger partial charge in [0.1, 0.15) is 11.4 Å². The molecule has 174 valence electrons. The van der Waals surface area contributed by atoms with Crippen molar-refractivity contribution < 1.29 is 40.6 Å². The van der Waals surface area contributed by atoms with Crippen molar-refractivity contribution in [3.05, 3.63) is 60.0 Å². The fourth-order valence-corrected chi connectivity index (χ4v) is 3.15. The standard InChI is InChI=1S/C20H14F6N4O3/c1-32-12-6-4-11(5-7-12)14-10-18(31,20(24,25)26)30(29-14)17-27-13(15-3-2-8-33-15)9-16(28-17)19(21,22)23/h2-9,31H,10H2,1H3/t18-/m0/s1. The van der Waals surface area contributed by atoms with E-state index in [1.807, 2.05) is 0 Å². The van der Waals surface area contributed by atoms with Gasteiger partial charge < -0.3 is 14.3 Å². The Morgan fingerprint density at radius 1 is 1.06 bits per heavy atom. The lowest BCUT2D eigenvalue weighted by Crippen LogP contribution is -2.55. The summed E-state index contributed by atoms with van der Waals surface area (Å²) in [5.41, 5.74) is -5.70. The highest BCUT2D eigenvalue weighted by atomic mass is 19.4. The van der Waals surface area contributed by atoms with E-state index in [9.17, 15) is 31.4 Å². The molecule has 1 aromatic carbocycles. The van der Waals surface area contributed by atoms with Crippen molar-refractivity contribution in [2.24, 2.45) is 5.10 Å². The fourth-order valence-electron chi connectivity index (χ4n) is 3.15. The molecular weight excluding hydrogens is 458 g/mol. The van der Waals surface area contributed by atoms with Crippen LogP contribution in [0.2, 0.25) is 0 Å². The largest absolute Gasteiger partial charge is 0.497 e. The molecule has 4 rings (SSSR count). The highest BCUT2D eigenvalue weighted by Gasteiger charge is 2.63. The molecule has 0 saturated heterocycles. The maximum atomic E-state index is 13.9. The molecule has 7 nitrogen and oxygen atoms in total. The third-order valence-electron chi connectivity index (χ3n) is 4.83. The number of methoxy groups -OCH3 is 1. The van der Waals surface area contributed by atoms with Crippen LogP contribution in [0.1, 0.15) is 17.7 Å². The zero-order chi connectivity index (χ0) is 24.0. The molecule has 1 aliphatic heterocycles. The van der Waals surface area contributed by atoms with E-state index in [2.05, 4.69) is 15.1 Å².